The highest BCUT2D eigenvalue weighted by molar-refractivity contribution is 5.94. The van der Waals surface area contributed by atoms with E-state index in [1.807, 2.05) is 12.1 Å². The number of nitrogens with zero attached hydrogens (tertiary/aromatic N) is 1. The van der Waals surface area contributed by atoms with E-state index in [4.69, 9.17) is 15.9 Å². The Kier molecular flexibility index (Phi) is 7.16. The molecule has 1 heterocycles. The van der Waals surface area contributed by atoms with Crippen molar-refractivity contribution in [3.63, 3.8) is 0 Å². The van der Waals surface area contributed by atoms with Crippen molar-refractivity contribution in [1.29, 1.82) is 5.41 Å². The number of amides is 3. The van der Waals surface area contributed by atoms with Crippen LogP contribution in [0.4, 0.5) is 4.79 Å². The van der Waals surface area contributed by atoms with E-state index in [2.05, 4.69) is 10.6 Å². The van der Waals surface area contributed by atoms with E-state index >= 15 is 0 Å². The van der Waals surface area contributed by atoms with Crippen LogP contribution in [0.2, 0.25) is 0 Å². The molecule has 27 heavy (non-hydrogen) atoms. The van der Waals surface area contributed by atoms with Crippen LogP contribution < -0.4 is 16.4 Å². The van der Waals surface area contributed by atoms with Crippen LogP contribution in [0.1, 0.15) is 36.9 Å². The summed E-state index contributed by atoms with van der Waals surface area (Å²) >= 11 is 0. The predicted octanol–water partition coefficient (Wildman–Crippen LogP) is 0.496. The van der Waals surface area contributed by atoms with Crippen molar-refractivity contribution < 1.29 is 19.1 Å². The van der Waals surface area contributed by atoms with Gasteiger partial charge in [0.15, 0.2) is 0 Å². The van der Waals surface area contributed by atoms with Gasteiger partial charge in [0, 0.05) is 18.7 Å². The van der Waals surface area contributed by atoms with Crippen molar-refractivity contribution in [3.8, 4) is 0 Å². The number of hydrogen-bond donors (Lipinski definition) is 4. The number of amidine groups is 1. The van der Waals surface area contributed by atoms with E-state index in [9.17, 15) is 14.4 Å². The van der Waals surface area contributed by atoms with Crippen molar-refractivity contribution in [2.75, 3.05) is 26.2 Å². The molecule has 1 aromatic rings. The fraction of sp³-hybridized carbons (Fsp3) is 0.444. The van der Waals surface area contributed by atoms with Gasteiger partial charge in [0.1, 0.15) is 12.4 Å². The minimum atomic E-state index is -0.378. The van der Waals surface area contributed by atoms with Gasteiger partial charge in [-0.1, -0.05) is 24.3 Å². The lowest BCUT2D eigenvalue weighted by Gasteiger charge is -2.36. The highest BCUT2D eigenvalue weighted by atomic mass is 16.5. The zero-order valence-corrected chi connectivity index (χ0v) is 15.3. The van der Waals surface area contributed by atoms with Crippen LogP contribution in [-0.2, 0) is 14.3 Å². The third kappa shape index (κ3) is 5.70. The van der Waals surface area contributed by atoms with Gasteiger partial charge in [0.25, 0.3) is 0 Å². The van der Waals surface area contributed by atoms with Gasteiger partial charge in [0.05, 0.1) is 19.1 Å². The number of nitrogens with one attached hydrogen (secondary N) is 3. The SMILES string of the molecule is CCOC(=O)CCNC(=O)CN1C(=O)NCCC1c1ccc(C(=N)N)cc1. The Balaban J connectivity index is 1.98. The molecule has 1 unspecified atom stereocenters. The number of ether oxygens (including phenoxy) is 1. The maximum absolute atomic E-state index is 12.3. The number of carbonyl (C=O) groups is 3. The molecule has 1 fully saturated rings. The molecule has 0 radical (unpaired) electrons. The standard InChI is InChI=1S/C18H25N5O4/c1-2-27-16(25)8-10-21-15(24)11-23-14(7-9-22-18(23)26)12-3-5-13(6-4-12)17(19)20/h3-6,14H,2,7-11H2,1H3,(H3,19,20)(H,21,24)(H,22,26). The van der Waals surface area contributed by atoms with Crippen molar-refractivity contribution in [2.45, 2.75) is 25.8 Å². The molecule has 5 N–H and O–H groups in total. The monoisotopic (exact) mass is 375 g/mol. The first-order valence-corrected chi connectivity index (χ1v) is 8.83. The smallest absolute Gasteiger partial charge is 0.318 e. The molecule has 0 saturated carbocycles. The van der Waals surface area contributed by atoms with Crippen LogP contribution in [0.3, 0.4) is 0 Å². The van der Waals surface area contributed by atoms with Crippen LogP contribution in [0.15, 0.2) is 24.3 Å². The van der Waals surface area contributed by atoms with Crippen molar-refractivity contribution in [2.24, 2.45) is 5.73 Å². The summed E-state index contributed by atoms with van der Waals surface area (Å²) in [6.07, 6.45) is 0.739. The van der Waals surface area contributed by atoms with Gasteiger partial charge in [-0.25, -0.2) is 4.79 Å². The van der Waals surface area contributed by atoms with Crippen LogP contribution >= 0.6 is 0 Å². The van der Waals surface area contributed by atoms with E-state index in [1.54, 1.807) is 19.1 Å². The molecule has 3 amide bonds. The van der Waals surface area contributed by atoms with Crippen LogP contribution in [-0.4, -0.2) is 54.9 Å². The molecule has 1 saturated heterocycles. The van der Waals surface area contributed by atoms with Gasteiger partial charge in [-0.15, -0.1) is 0 Å². The van der Waals surface area contributed by atoms with E-state index in [1.165, 1.54) is 4.90 Å². The first kappa shape index (κ1) is 20.2. The highest BCUT2D eigenvalue weighted by Crippen LogP contribution is 2.26. The molecule has 1 aliphatic rings. The largest absolute Gasteiger partial charge is 0.466 e. The molecule has 0 aliphatic carbocycles. The second kappa shape index (κ2) is 9.56. The molecule has 0 bridgehead atoms. The minimum absolute atomic E-state index is 0.0271. The normalized spacial score (nSPS) is 16.4. The average molecular weight is 375 g/mol. The fourth-order valence-electron chi connectivity index (χ4n) is 2.88. The van der Waals surface area contributed by atoms with E-state index < -0.39 is 0 Å². The van der Waals surface area contributed by atoms with Crippen molar-refractivity contribution in [1.82, 2.24) is 15.5 Å². The van der Waals surface area contributed by atoms with Gasteiger partial charge < -0.3 is 26.0 Å². The number of nitrogen functional groups attached to an aromatic ring is 1. The van der Waals surface area contributed by atoms with Crippen molar-refractivity contribution in [3.05, 3.63) is 35.4 Å². The molecule has 9 nitrogen and oxygen atoms in total. The zero-order chi connectivity index (χ0) is 19.8. The summed E-state index contributed by atoms with van der Waals surface area (Å²) in [5, 5.41) is 12.8. The predicted molar refractivity (Wildman–Crippen MR) is 99.2 cm³/mol. The highest BCUT2D eigenvalue weighted by Gasteiger charge is 2.30. The van der Waals surface area contributed by atoms with Gasteiger partial charge in [0.2, 0.25) is 5.91 Å². The third-order valence-corrected chi connectivity index (χ3v) is 4.21. The maximum atomic E-state index is 12.3. The van der Waals surface area contributed by atoms with E-state index in [0.29, 0.717) is 25.1 Å². The number of benzene rings is 1. The number of urea groups is 1. The summed E-state index contributed by atoms with van der Waals surface area (Å²) < 4.78 is 4.80. The van der Waals surface area contributed by atoms with E-state index in [0.717, 1.165) is 5.56 Å². The summed E-state index contributed by atoms with van der Waals surface area (Å²) in [7, 11) is 0. The van der Waals surface area contributed by atoms with Gasteiger partial charge in [-0.2, -0.15) is 0 Å². The molecule has 146 valence electrons. The quantitative estimate of drug-likeness (QED) is 0.298. The lowest BCUT2D eigenvalue weighted by Crippen LogP contribution is -2.51. The summed E-state index contributed by atoms with van der Waals surface area (Å²) in [4.78, 5) is 37.2. The molecule has 9 heteroatoms. The Bertz CT molecular complexity index is 704. The summed E-state index contributed by atoms with van der Waals surface area (Å²) in [5.41, 5.74) is 6.94. The summed E-state index contributed by atoms with van der Waals surface area (Å²) in [6, 6.07) is 6.50. The van der Waals surface area contributed by atoms with Gasteiger partial charge >= 0.3 is 12.0 Å². The third-order valence-electron chi connectivity index (χ3n) is 4.21. The molecule has 0 spiro atoms. The average Bonchev–Trinajstić information content (AvgIpc) is 2.63. The Hall–Kier alpha value is -3.10. The Morgan fingerprint density at radius 3 is 2.70 bits per heavy atom. The number of hydrogen-bond acceptors (Lipinski definition) is 5. The zero-order valence-electron chi connectivity index (χ0n) is 15.3. The first-order chi connectivity index (χ1) is 12.9. The fourth-order valence-corrected chi connectivity index (χ4v) is 2.88. The van der Waals surface area contributed by atoms with Gasteiger partial charge in [-0.3, -0.25) is 15.0 Å². The lowest BCUT2D eigenvalue weighted by atomic mass is 9.99. The van der Waals surface area contributed by atoms with Crippen molar-refractivity contribution >= 4 is 23.7 Å². The number of rotatable bonds is 8. The molecule has 1 aromatic carbocycles. The Morgan fingerprint density at radius 1 is 1.37 bits per heavy atom. The Labute approximate surface area is 157 Å². The second-order valence-electron chi connectivity index (χ2n) is 6.10. The second-order valence-corrected chi connectivity index (χ2v) is 6.10. The molecule has 0 aromatic heterocycles. The number of carbonyl (C=O) groups excluding carboxylic acids is 3. The number of nitrogens with two attached hydrogens (primary N) is 1. The number of esters is 1. The first-order valence-electron chi connectivity index (χ1n) is 8.83. The summed E-state index contributed by atoms with van der Waals surface area (Å²) in [6.45, 7) is 2.57. The topological polar surface area (TPSA) is 138 Å². The molecular formula is C18H25N5O4. The van der Waals surface area contributed by atoms with Gasteiger partial charge in [-0.05, 0) is 18.9 Å². The Morgan fingerprint density at radius 2 is 2.07 bits per heavy atom. The minimum Gasteiger partial charge on any atom is -0.466 e. The maximum Gasteiger partial charge on any atom is 0.318 e. The summed E-state index contributed by atoms with van der Waals surface area (Å²) in [5.74, 6) is -0.751. The molecular weight excluding hydrogens is 350 g/mol. The molecule has 1 aliphatic heterocycles. The van der Waals surface area contributed by atoms with Crippen LogP contribution in [0.25, 0.3) is 0 Å². The lowest BCUT2D eigenvalue weighted by molar-refractivity contribution is -0.143. The van der Waals surface area contributed by atoms with Crippen LogP contribution in [0.5, 0.6) is 0 Å². The van der Waals surface area contributed by atoms with E-state index in [-0.39, 0.29) is 49.3 Å². The molecule has 2 rings (SSSR count). The van der Waals surface area contributed by atoms with Crippen LogP contribution in [0, 0.1) is 5.41 Å². The molecule has 1 atom stereocenters.